The summed E-state index contributed by atoms with van der Waals surface area (Å²) < 4.78 is 0. The number of aromatic nitrogens is 2. The van der Waals surface area contributed by atoms with Gasteiger partial charge < -0.3 is 4.90 Å². The van der Waals surface area contributed by atoms with Crippen molar-refractivity contribution in [2.75, 3.05) is 4.90 Å². The van der Waals surface area contributed by atoms with Gasteiger partial charge in [-0.3, -0.25) is 0 Å². The second-order valence-electron chi connectivity index (χ2n) is 5.01. The van der Waals surface area contributed by atoms with E-state index in [0.717, 1.165) is 22.5 Å². The number of fused-ring (bicyclic) bond motifs is 2. The predicted molar refractivity (Wildman–Crippen MR) is 84.2 cm³/mol. The topological polar surface area (TPSA) is 29.0 Å². The standard InChI is InChI=1S/C15H12ClN3S/c1-9-8-10-4-2-3-5-12(10)19(9)13-11-6-7-20-14(11)18-15(16)17-13/h2-7,9H,8H2,1H3. The van der Waals surface area contributed by atoms with E-state index in [1.165, 1.54) is 11.3 Å². The molecule has 0 fully saturated rings. The van der Waals surface area contributed by atoms with Gasteiger partial charge in [-0.1, -0.05) is 18.2 Å². The second kappa shape index (κ2) is 4.43. The van der Waals surface area contributed by atoms with Crippen molar-refractivity contribution in [1.29, 1.82) is 0 Å². The summed E-state index contributed by atoms with van der Waals surface area (Å²) >= 11 is 7.69. The van der Waals surface area contributed by atoms with E-state index in [-0.39, 0.29) is 0 Å². The number of hydrogen-bond acceptors (Lipinski definition) is 4. The smallest absolute Gasteiger partial charge is 0.225 e. The van der Waals surface area contributed by atoms with Gasteiger partial charge in [0.15, 0.2) is 0 Å². The average molecular weight is 302 g/mol. The van der Waals surface area contributed by atoms with E-state index < -0.39 is 0 Å². The van der Waals surface area contributed by atoms with Gasteiger partial charge in [-0.2, -0.15) is 4.98 Å². The van der Waals surface area contributed by atoms with Gasteiger partial charge in [0.2, 0.25) is 5.28 Å². The van der Waals surface area contributed by atoms with Crippen molar-refractivity contribution in [3.8, 4) is 0 Å². The number of rotatable bonds is 1. The van der Waals surface area contributed by atoms with Crippen molar-refractivity contribution in [1.82, 2.24) is 9.97 Å². The van der Waals surface area contributed by atoms with Crippen molar-refractivity contribution < 1.29 is 0 Å². The Morgan fingerprint density at radius 1 is 1.25 bits per heavy atom. The van der Waals surface area contributed by atoms with E-state index in [1.807, 2.05) is 5.38 Å². The molecule has 0 amide bonds. The molecule has 4 rings (SSSR count). The number of thiophene rings is 1. The minimum atomic E-state index is 0.312. The first kappa shape index (κ1) is 12.1. The van der Waals surface area contributed by atoms with Crippen LogP contribution in [0.15, 0.2) is 35.7 Å². The highest BCUT2D eigenvalue weighted by Crippen LogP contribution is 2.40. The monoisotopic (exact) mass is 301 g/mol. The summed E-state index contributed by atoms with van der Waals surface area (Å²) in [6, 6.07) is 10.9. The van der Waals surface area contributed by atoms with Crippen LogP contribution >= 0.6 is 22.9 Å². The molecule has 20 heavy (non-hydrogen) atoms. The van der Waals surface area contributed by atoms with Crippen molar-refractivity contribution >= 4 is 44.7 Å². The molecule has 0 aliphatic carbocycles. The van der Waals surface area contributed by atoms with Gasteiger partial charge in [0, 0.05) is 11.7 Å². The zero-order chi connectivity index (χ0) is 13.7. The maximum absolute atomic E-state index is 6.09. The normalized spacial score (nSPS) is 17.7. The molecule has 0 saturated carbocycles. The lowest BCUT2D eigenvalue weighted by molar-refractivity contribution is 0.752. The molecule has 1 aromatic carbocycles. The molecule has 1 aliphatic rings. The van der Waals surface area contributed by atoms with Crippen molar-refractivity contribution in [3.05, 3.63) is 46.6 Å². The number of para-hydroxylation sites is 1. The van der Waals surface area contributed by atoms with Crippen molar-refractivity contribution in [2.45, 2.75) is 19.4 Å². The van der Waals surface area contributed by atoms with Gasteiger partial charge in [0.25, 0.3) is 0 Å². The molecular formula is C15H12ClN3S. The van der Waals surface area contributed by atoms with Crippen LogP contribution < -0.4 is 4.90 Å². The van der Waals surface area contributed by atoms with E-state index in [9.17, 15) is 0 Å². The van der Waals surface area contributed by atoms with E-state index in [0.29, 0.717) is 11.3 Å². The lowest BCUT2D eigenvalue weighted by Gasteiger charge is -2.24. The molecule has 0 saturated heterocycles. The molecule has 1 unspecified atom stereocenters. The van der Waals surface area contributed by atoms with Crippen LogP contribution in [-0.4, -0.2) is 16.0 Å². The van der Waals surface area contributed by atoms with Crippen molar-refractivity contribution in [2.24, 2.45) is 0 Å². The van der Waals surface area contributed by atoms with E-state index in [4.69, 9.17) is 11.6 Å². The molecule has 3 heterocycles. The number of anilines is 2. The summed E-state index contributed by atoms with van der Waals surface area (Å²) in [5.74, 6) is 0.915. The highest BCUT2D eigenvalue weighted by molar-refractivity contribution is 7.16. The Labute approximate surface area is 125 Å². The summed E-state index contributed by atoms with van der Waals surface area (Å²) in [7, 11) is 0. The quantitative estimate of drug-likeness (QED) is 0.623. The fourth-order valence-corrected chi connectivity index (χ4v) is 3.86. The van der Waals surface area contributed by atoms with Gasteiger partial charge in [-0.25, -0.2) is 4.98 Å². The van der Waals surface area contributed by atoms with Crippen LogP contribution in [0.2, 0.25) is 5.28 Å². The Morgan fingerprint density at radius 3 is 3.00 bits per heavy atom. The fourth-order valence-electron chi connectivity index (χ4n) is 2.89. The van der Waals surface area contributed by atoms with Crippen LogP contribution in [0.5, 0.6) is 0 Å². The zero-order valence-electron chi connectivity index (χ0n) is 10.9. The molecule has 0 spiro atoms. The lowest BCUT2D eigenvalue weighted by atomic mass is 10.1. The van der Waals surface area contributed by atoms with Crippen LogP contribution in [0.4, 0.5) is 11.5 Å². The Kier molecular flexibility index (Phi) is 2.69. The minimum Gasteiger partial charge on any atom is -0.322 e. The molecule has 3 nitrogen and oxygen atoms in total. The van der Waals surface area contributed by atoms with E-state index >= 15 is 0 Å². The largest absolute Gasteiger partial charge is 0.322 e. The minimum absolute atomic E-state index is 0.312. The van der Waals surface area contributed by atoms with Gasteiger partial charge in [0.1, 0.15) is 10.6 Å². The first-order chi connectivity index (χ1) is 9.74. The molecule has 1 aliphatic heterocycles. The lowest BCUT2D eigenvalue weighted by Crippen LogP contribution is -2.25. The molecule has 100 valence electrons. The molecule has 5 heteroatoms. The number of nitrogens with zero attached hydrogens (tertiary/aromatic N) is 3. The number of halogens is 1. The van der Waals surface area contributed by atoms with Crippen LogP contribution in [0.3, 0.4) is 0 Å². The van der Waals surface area contributed by atoms with Crippen LogP contribution in [-0.2, 0) is 6.42 Å². The molecular weight excluding hydrogens is 290 g/mol. The molecule has 3 aromatic rings. The molecule has 1 atom stereocenters. The predicted octanol–water partition coefficient (Wildman–Crippen LogP) is 4.43. The second-order valence-corrected chi connectivity index (χ2v) is 6.24. The Balaban J connectivity index is 1.97. The molecule has 0 N–H and O–H groups in total. The molecule has 2 aromatic heterocycles. The maximum Gasteiger partial charge on any atom is 0.225 e. The van der Waals surface area contributed by atoms with Crippen molar-refractivity contribution in [3.63, 3.8) is 0 Å². The van der Waals surface area contributed by atoms with Gasteiger partial charge >= 0.3 is 0 Å². The highest BCUT2D eigenvalue weighted by atomic mass is 35.5. The summed E-state index contributed by atoms with van der Waals surface area (Å²) in [5, 5.41) is 3.42. The SMILES string of the molecule is CC1Cc2ccccc2N1c1nc(Cl)nc2sccc12. The zero-order valence-corrected chi connectivity index (χ0v) is 12.4. The maximum atomic E-state index is 6.09. The summed E-state index contributed by atoms with van der Waals surface area (Å²) in [6.45, 7) is 2.22. The van der Waals surface area contributed by atoms with Gasteiger partial charge in [-0.15, -0.1) is 11.3 Å². The number of hydrogen-bond donors (Lipinski definition) is 0. The Morgan fingerprint density at radius 2 is 2.10 bits per heavy atom. The van der Waals surface area contributed by atoms with Crippen LogP contribution in [0, 0.1) is 0 Å². The summed E-state index contributed by atoms with van der Waals surface area (Å²) in [5.41, 5.74) is 2.58. The van der Waals surface area contributed by atoms with Crippen LogP contribution in [0.1, 0.15) is 12.5 Å². The Bertz CT molecular complexity index is 799. The third-order valence-corrected chi connectivity index (χ3v) is 4.69. The van der Waals surface area contributed by atoms with Crippen LogP contribution in [0.25, 0.3) is 10.2 Å². The highest BCUT2D eigenvalue weighted by Gasteiger charge is 2.29. The Hall–Kier alpha value is -1.65. The average Bonchev–Trinajstić information content (AvgIpc) is 3.00. The van der Waals surface area contributed by atoms with E-state index in [2.05, 4.69) is 52.1 Å². The number of benzene rings is 1. The summed E-state index contributed by atoms with van der Waals surface area (Å²) in [6.07, 6.45) is 1.03. The molecule has 0 bridgehead atoms. The third kappa shape index (κ3) is 1.72. The third-order valence-electron chi connectivity index (χ3n) is 3.71. The summed E-state index contributed by atoms with van der Waals surface area (Å²) in [4.78, 5) is 12.0. The first-order valence-electron chi connectivity index (χ1n) is 6.52. The molecule has 0 radical (unpaired) electrons. The van der Waals surface area contributed by atoms with E-state index in [1.54, 1.807) is 11.3 Å². The fraction of sp³-hybridized carbons (Fsp3) is 0.200. The van der Waals surface area contributed by atoms with Gasteiger partial charge in [-0.05, 0) is 48.0 Å². The first-order valence-corrected chi connectivity index (χ1v) is 7.77. The van der Waals surface area contributed by atoms with Gasteiger partial charge in [0.05, 0.1) is 5.39 Å².